The van der Waals surface area contributed by atoms with Gasteiger partial charge >= 0.3 is 5.69 Å². The average molecular weight is 286 g/mol. The van der Waals surface area contributed by atoms with E-state index in [9.17, 15) is 10.1 Å². The summed E-state index contributed by atoms with van der Waals surface area (Å²) in [5.41, 5.74) is -0.352. The molecule has 7 heteroatoms. The number of halogens is 1. The van der Waals surface area contributed by atoms with Gasteiger partial charge in [-0.25, -0.2) is 4.98 Å². The predicted molar refractivity (Wildman–Crippen MR) is 70.3 cm³/mol. The molecule has 2 atom stereocenters. The van der Waals surface area contributed by atoms with E-state index in [4.69, 9.17) is 16.3 Å². The van der Waals surface area contributed by atoms with Gasteiger partial charge in [-0.2, -0.15) is 4.98 Å². The Morgan fingerprint density at radius 1 is 1.32 bits per heavy atom. The standard InChI is InChI=1S/C12H16ClN3O3/c1-7-3-8(2)5-9(4-7)19-12-10(16(17)18)11(13)14-6-15-12/h6-9H,3-5H2,1-2H3. The van der Waals surface area contributed by atoms with Gasteiger partial charge in [-0.1, -0.05) is 25.4 Å². The molecule has 0 saturated heterocycles. The van der Waals surface area contributed by atoms with Crippen LogP contribution in [-0.4, -0.2) is 21.0 Å². The van der Waals surface area contributed by atoms with Crippen LogP contribution in [0.25, 0.3) is 0 Å². The molecule has 1 aliphatic rings. The molecule has 0 bridgehead atoms. The van der Waals surface area contributed by atoms with Crippen molar-refractivity contribution in [3.63, 3.8) is 0 Å². The van der Waals surface area contributed by atoms with Crippen LogP contribution < -0.4 is 4.74 Å². The van der Waals surface area contributed by atoms with E-state index in [0.717, 1.165) is 19.3 Å². The minimum absolute atomic E-state index is 0.0312. The third-order valence-corrected chi connectivity index (χ3v) is 3.62. The lowest BCUT2D eigenvalue weighted by Crippen LogP contribution is -2.29. The Hall–Kier alpha value is -1.43. The first-order chi connectivity index (χ1) is 8.97. The van der Waals surface area contributed by atoms with E-state index in [1.807, 2.05) is 0 Å². The maximum atomic E-state index is 11.0. The van der Waals surface area contributed by atoms with Gasteiger partial charge in [-0.05, 0) is 31.1 Å². The molecule has 1 fully saturated rings. The fourth-order valence-corrected chi connectivity index (χ4v) is 2.90. The van der Waals surface area contributed by atoms with Gasteiger partial charge in [-0.15, -0.1) is 0 Å². The monoisotopic (exact) mass is 285 g/mol. The SMILES string of the molecule is CC1CC(C)CC(Oc2ncnc(Cl)c2[N+](=O)[O-])C1. The second kappa shape index (κ2) is 5.69. The maximum Gasteiger partial charge on any atom is 0.367 e. The van der Waals surface area contributed by atoms with Crippen LogP contribution in [0.4, 0.5) is 5.69 Å². The molecule has 0 N–H and O–H groups in total. The highest BCUT2D eigenvalue weighted by atomic mass is 35.5. The normalized spacial score (nSPS) is 27.0. The molecule has 0 aliphatic heterocycles. The third kappa shape index (κ3) is 3.32. The zero-order valence-electron chi connectivity index (χ0n) is 10.9. The van der Waals surface area contributed by atoms with E-state index in [2.05, 4.69) is 23.8 Å². The summed E-state index contributed by atoms with van der Waals surface area (Å²) in [4.78, 5) is 17.8. The summed E-state index contributed by atoms with van der Waals surface area (Å²) in [6, 6.07) is 0. The summed E-state index contributed by atoms with van der Waals surface area (Å²) in [7, 11) is 0. The molecule has 1 saturated carbocycles. The third-order valence-electron chi connectivity index (χ3n) is 3.34. The van der Waals surface area contributed by atoms with Crippen molar-refractivity contribution in [3.8, 4) is 5.88 Å². The van der Waals surface area contributed by atoms with Crippen molar-refractivity contribution in [2.24, 2.45) is 11.8 Å². The Labute approximate surface area is 116 Å². The lowest BCUT2D eigenvalue weighted by Gasteiger charge is -2.31. The largest absolute Gasteiger partial charge is 0.469 e. The Bertz CT molecular complexity index is 473. The Morgan fingerprint density at radius 3 is 2.53 bits per heavy atom. The zero-order chi connectivity index (χ0) is 14.0. The van der Waals surface area contributed by atoms with Crippen molar-refractivity contribution in [2.75, 3.05) is 0 Å². The maximum absolute atomic E-state index is 11.0. The van der Waals surface area contributed by atoms with Gasteiger partial charge in [0.25, 0.3) is 5.88 Å². The van der Waals surface area contributed by atoms with E-state index in [1.165, 1.54) is 6.33 Å². The van der Waals surface area contributed by atoms with E-state index < -0.39 is 4.92 Å². The summed E-state index contributed by atoms with van der Waals surface area (Å²) in [5, 5.41) is 10.8. The van der Waals surface area contributed by atoms with E-state index in [-0.39, 0.29) is 22.8 Å². The highest BCUT2D eigenvalue weighted by molar-refractivity contribution is 6.31. The molecule has 1 aromatic rings. The average Bonchev–Trinajstić information content (AvgIpc) is 2.26. The molecule has 19 heavy (non-hydrogen) atoms. The molecule has 0 spiro atoms. The van der Waals surface area contributed by atoms with Crippen LogP contribution in [0, 0.1) is 22.0 Å². The summed E-state index contributed by atoms with van der Waals surface area (Å²) >= 11 is 5.73. The zero-order valence-corrected chi connectivity index (χ0v) is 11.6. The Morgan fingerprint density at radius 2 is 1.95 bits per heavy atom. The molecule has 104 valence electrons. The molecule has 1 heterocycles. The first-order valence-electron chi connectivity index (χ1n) is 6.29. The van der Waals surface area contributed by atoms with E-state index in [0.29, 0.717) is 11.8 Å². The van der Waals surface area contributed by atoms with Crippen LogP contribution >= 0.6 is 11.6 Å². The quantitative estimate of drug-likeness (QED) is 0.484. The van der Waals surface area contributed by atoms with Crippen molar-refractivity contribution in [3.05, 3.63) is 21.6 Å². The smallest absolute Gasteiger partial charge is 0.367 e. The molecule has 0 amide bonds. The number of aromatic nitrogens is 2. The first-order valence-corrected chi connectivity index (χ1v) is 6.66. The van der Waals surface area contributed by atoms with Gasteiger partial charge in [0.15, 0.2) is 0 Å². The van der Waals surface area contributed by atoms with Crippen LogP contribution in [-0.2, 0) is 0 Å². The van der Waals surface area contributed by atoms with Gasteiger partial charge in [0, 0.05) is 0 Å². The van der Waals surface area contributed by atoms with Gasteiger partial charge in [0.1, 0.15) is 12.4 Å². The number of nitro groups is 1. The summed E-state index contributed by atoms with van der Waals surface area (Å²) < 4.78 is 5.69. The number of rotatable bonds is 3. The molecule has 1 aliphatic carbocycles. The van der Waals surface area contributed by atoms with Crippen molar-refractivity contribution in [1.29, 1.82) is 0 Å². The van der Waals surface area contributed by atoms with Crippen LogP contribution in [0.5, 0.6) is 5.88 Å². The fourth-order valence-electron chi connectivity index (χ4n) is 2.71. The molecule has 0 radical (unpaired) electrons. The van der Waals surface area contributed by atoms with Crippen molar-refractivity contribution in [2.45, 2.75) is 39.2 Å². The number of hydrogen-bond donors (Lipinski definition) is 0. The minimum atomic E-state index is -0.604. The Kier molecular flexibility index (Phi) is 4.19. The van der Waals surface area contributed by atoms with Crippen molar-refractivity contribution in [1.82, 2.24) is 9.97 Å². The number of hydrogen-bond acceptors (Lipinski definition) is 5. The summed E-state index contributed by atoms with van der Waals surface area (Å²) in [6.45, 7) is 4.32. The highest BCUT2D eigenvalue weighted by Crippen LogP contribution is 2.35. The van der Waals surface area contributed by atoms with E-state index in [1.54, 1.807) is 0 Å². The molecule has 0 aromatic carbocycles. The van der Waals surface area contributed by atoms with Crippen LogP contribution in [0.2, 0.25) is 5.15 Å². The molecule has 2 unspecified atom stereocenters. The second-order valence-electron chi connectivity index (χ2n) is 5.23. The molecule has 1 aromatic heterocycles. The first kappa shape index (κ1) is 14.0. The molecular weight excluding hydrogens is 270 g/mol. The minimum Gasteiger partial charge on any atom is -0.469 e. The lowest BCUT2D eigenvalue weighted by molar-refractivity contribution is -0.386. The fraction of sp³-hybridized carbons (Fsp3) is 0.667. The van der Waals surface area contributed by atoms with Gasteiger partial charge < -0.3 is 4.74 Å². The predicted octanol–water partition coefficient (Wildman–Crippen LogP) is 3.24. The molecule has 6 nitrogen and oxygen atoms in total. The summed E-state index contributed by atoms with van der Waals surface area (Å²) in [6.07, 6.45) is 4.04. The molecule has 2 rings (SSSR count). The van der Waals surface area contributed by atoms with Gasteiger partial charge in [0.05, 0.1) is 4.92 Å². The highest BCUT2D eigenvalue weighted by Gasteiger charge is 2.30. The Balaban J connectivity index is 2.19. The van der Waals surface area contributed by atoms with Crippen LogP contribution in [0.15, 0.2) is 6.33 Å². The van der Waals surface area contributed by atoms with Gasteiger partial charge in [-0.3, -0.25) is 10.1 Å². The topological polar surface area (TPSA) is 78.2 Å². The number of nitrogens with zero attached hydrogens (tertiary/aromatic N) is 3. The second-order valence-corrected chi connectivity index (χ2v) is 5.59. The molecular formula is C12H16ClN3O3. The lowest BCUT2D eigenvalue weighted by atomic mass is 9.82. The van der Waals surface area contributed by atoms with Gasteiger partial charge in [0.2, 0.25) is 5.15 Å². The van der Waals surface area contributed by atoms with Crippen LogP contribution in [0.1, 0.15) is 33.1 Å². The van der Waals surface area contributed by atoms with Crippen molar-refractivity contribution < 1.29 is 9.66 Å². The number of ether oxygens (including phenoxy) is 1. The van der Waals surface area contributed by atoms with E-state index >= 15 is 0 Å². The summed E-state index contributed by atoms with van der Waals surface area (Å²) in [5.74, 6) is 1.06. The van der Waals surface area contributed by atoms with Crippen molar-refractivity contribution >= 4 is 17.3 Å². The van der Waals surface area contributed by atoms with Crippen LogP contribution in [0.3, 0.4) is 0 Å².